The Balaban J connectivity index is 2.27. The van der Waals surface area contributed by atoms with Gasteiger partial charge in [0.15, 0.2) is 11.5 Å². The molecule has 1 heterocycles. The quantitative estimate of drug-likeness (QED) is 0.555. The number of carbonyl (C=O) groups is 3. The highest BCUT2D eigenvalue weighted by Gasteiger charge is 2.35. The van der Waals surface area contributed by atoms with Gasteiger partial charge in [-0.15, -0.1) is 0 Å². The van der Waals surface area contributed by atoms with Crippen LogP contribution in [-0.4, -0.2) is 38.7 Å². The average molecular weight is 294 g/mol. The van der Waals surface area contributed by atoms with E-state index in [0.717, 1.165) is 4.90 Å². The van der Waals surface area contributed by atoms with Gasteiger partial charge in [-0.25, -0.2) is 0 Å². The number of phenolic OH excluding ortho intramolecular Hbond substituents is 2. The minimum atomic E-state index is -0.782. The Hall–Kier alpha value is -2.48. The zero-order valence-corrected chi connectivity index (χ0v) is 10.9. The molecule has 2 rings (SSSR count). The van der Waals surface area contributed by atoms with Gasteiger partial charge in [0.2, 0.25) is 5.91 Å². The summed E-state index contributed by atoms with van der Waals surface area (Å²) in [7, 11) is 0. The molecule has 3 amide bonds. The van der Waals surface area contributed by atoms with E-state index in [0.29, 0.717) is 17.3 Å². The fourth-order valence-corrected chi connectivity index (χ4v) is 2.41. The van der Waals surface area contributed by atoms with Crippen LogP contribution in [0.15, 0.2) is 23.1 Å². The summed E-state index contributed by atoms with van der Waals surface area (Å²) < 4.78 is 0. The molecule has 1 aliphatic rings. The van der Waals surface area contributed by atoms with E-state index < -0.39 is 23.6 Å². The second kappa shape index (κ2) is 5.25. The summed E-state index contributed by atoms with van der Waals surface area (Å²) in [6, 6.07) is 3.98. The van der Waals surface area contributed by atoms with Crippen molar-refractivity contribution in [2.75, 3.05) is 6.54 Å². The summed E-state index contributed by atoms with van der Waals surface area (Å²) in [6.45, 7) is -0.469. The summed E-state index contributed by atoms with van der Waals surface area (Å²) in [5.41, 5.74) is 5.39. The van der Waals surface area contributed by atoms with E-state index in [-0.39, 0.29) is 16.4 Å². The molecule has 0 saturated carbocycles. The maximum absolute atomic E-state index is 11.9. The molecule has 1 saturated heterocycles. The lowest BCUT2D eigenvalue weighted by Crippen LogP contribution is -2.36. The number of rotatable bonds is 3. The fourth-order valence-electron chi connectivity index (χ4n) is 1.57. The lowest BCUT2D eigenvalue weighted by Gasteiger charge is -2.08. The molecule has 0 unspecified atom stereocenters. The highest BCUT2D eigenvalue weighted by atomic mass is 32.2. The van der Waals surface area contributed by atoms with Crippen molar-refractivity contribution in [3.63, 3.8) is 0 Å². The minimum Gasteiger partial charge on any atom is -0.504 e. The number of thioether (sulfide) groups is 1. The average Bonchev–Trinajstić information content (AvgIpc) is 2.61. The van der Waals surface area contributed by atoms with Crippen molar-refractivity contribution in [3.05, 3.63) is 28.7 Å². The van der Waals surface area contributed by atoms with Crippen LogP contribution >= 0.6 is 11.8 Å². The van der Waals surface area contributed by atoms with Crippen molar-refractivity contribution in [3.8, 4) is 11.5 Å². The third-order valence-electron chi connectivity index (χ3n) is 2.48. The molecule has 1 aromatic rings. The van der Waals surface area contributed by atoms with Gasteiger partial charge in [-0.2, -0.15) is 0 Å². The third-order valence-corrected chi connectivity index (χ3v) is 3.39. The zero-order valence-electron chi connectivity index (χ0n) is 10.1. The van der Waals surface area contributed by atoms with E-state index in [1.165, 1.54) is 24.3 Å². The van der Waals surface area contributed by atoms with Gasteiger partial charge in [0.1, 0.15) is 6.54 Å². The van der Waals surface area contributed by atoms with Gasteiger partial charge in [-0.3, -0.25) is 19.3 Å². The molecule has 7 nitrogen and oxygen atoms in total. The van der Waals surface area contributed by atoms with Crippen molar-refractivity contribution < 1.29 is 24.6 Å². The van der Waals surface area contributed by atoms with Crippen LogP contribution in [0.3, 0.4) is 0 Å². The van der Waals surface area contributed by atoms with Crippen LogP contribution in [-0.2, 0) is 9.59 Å². The molecule has 8 heteroatoms. The van der Waals surface area contributed by atoms with Crippen molar-refractivity contribution in [2.24, 2.45) is 5.73 Å². The summed E-state index contributed by atoms with van der Waals surface area (Å²) in [6.07, 6.45) is 1.38. The Kier molecular flexibility index (Phi) is 3.66. The zero-order chi connectivity index (χ0) is 14.9. The summed E-state index contributed by atoms with van der Waals surface area (Å²) >= 11 is 0.675. The number of imide groups is 1. The molecule has 0 atom stereocenters. The van der Waals surface area contributed by atoms with Crippen molar-refractivity contribution in [2.45, 2.75) is 0 Å². The predicted molar refractivity (Wildman–Crippen MR) is 71.6 cm³/mol. The molecule has 1 fully saturated rings. The molecule has 0 aliphatic carbocycles. The molecular weight excluding hydrogens is 284 g/mol. The molecular formula is C12H10N2O5S. The van der Waals surface area contributed by atoms with Crippen LogP contribution in [0.1, 0.15) is 5.56 Å². The maximum atomic E-state index is 11.9. The Bertz CT molecular complexity index is 641. The molecule has 1 aliphatic heterocycles. The first-order valence-electron chi connectivity index (χ1n) is 5.44. The van der Waals surface area contributed by atoms with Gasteiger partial charge in [0.25, 0.3) is 11.1 Å². The smallest absolute Gasteiger partial charge is 0.294 e. The highest BCUT2D eigenvalue weighted by Crippen LogP contribution is 2.33. The maximum Gasteiger partial charge on any atom is 0.294 e. The van der Waals surface area contributed by atoms with Crippen molar-refractivity contribution >= 4 is 34.9 Å². The second-order valence-electron chi connectivity index (χ2n) is 3.98. The third kappa shape index (κ3) is 2.75. The van der Waals surface area contributed by atoms with Gasteiger partial charge in [0.05, 0.1) is 4.91 Å². The summed E-state index contributed by atoms with van der Waals surface area (Å²) in [4.78, 5) is 35.1. The first-order valence-corrected chi connectivity index (χ1v) is 6.26. The number of primary amides is 1. The number of aromatic hydroxyl groups is 2. The SMILES string of the molecule is NC(=O)CN1C(=O)S/C(=C\c2ccc(O)c(O)c2)C1=O. The van der Waals surface area contributed by atoms with Crippen LogP contribution in [0.25, 0.3) is 6.08 Å². The second-order valence-corrected chi connectivity index (χ2v) is 4.98. The first-order chi connectivity index (χ1) is 9.38. The van der Waals surface area contributed by atoms with Gasteiger partial charge in [-0.05, 0) is 35.5 Å². The fraction of sp³-hybridized carbons (Fsp3) is 0.0833. The lowest BCUT2D eigenvalue weighted by molar-refractivity contribution is -0.127. The highest BCUT2D eigenvalue weighted by molar-refractivity contribution is 8.18. The topological polar surface area (TPSA) is 121 Å². The van der Waals surface area contributed by atoms with E-state index in [4.69, 9.17) is 5.73 Å². The van der Waals surface area contributed by atoms with Crippen LogP contribution < -0.4 is 5.73 Å². The number of nitrogens with two attached hydrogens (primary N) is 1. The lowest BCUT2D eigenvalue weighted by atomic mass is 10.2. The Labute approximate surface area is 117 Å². The number of phenols is 2. The Morgan fingerprint density at radius 1 is 1.30 bits per heavy atom. The largest absolute Gasteiger partial charge is 0.504 e. The molecule has 20 heavy (non-hydrogen) atoms. The standard InChI is InChI=1S/C12H10N2O5S/c13-10(17)5-14-11(18)9(20-12(14)19)4-6-1-2-7(15)8(16)3-6/h1-4,15-16H,5H2,(H2,13,17)/b9-4-. The van der Waals surface area contributed by atoms with Gasteiger partial charge >= 0.3 is 0 Å². The molecule has 0 spiro atoms. The van der Waals surface area contributed by atoms with Crippen LogP contribution in [0, 0.1) is 0 Å². The molecule has 0 bridgehead atoms. The molecule has 1 aromatic carbocycles. The monoisotopic (exact) mass is 294 g/mol. The number of hydrogen-bond acceptors (Lipinski definition) is 6. The van der Waals surface area contributed by atoms with E-state index in [2.05, 4.69) is 0 Å². The number of hydrogen-bond donors (Lipinski definition) is 3. The Morgan fingerprint density at radius 2 is 2.00 bits per heavy atom. The molecule has 0 aromatic heterocycles. The minimum absolute atomic E-state index is 0.112. The number of benzene rings is 1. The van der Waals surface area contributed by atoms with Crippen LogP contribution in [0.2, 0.25) is 0 Å². The summed E-state index contributed by atoms with van der Waals surface area (Å²) in [5, 5.41) is 18.0. The number of amides is 3. The van der Waals surface area contributed by atoms with E-state index in [1.54, 1.807) is 0 Å². The van der Waals surface area contributed by atoms with Crippen LogP contribution in [0.5, 0.6) is 11.5 Å². The molecule has 4 N–H and O–H groups in total. The van der Waals surface area contributed by atoms with E-state index in [1.807, 2.05) is 0 Å². The molecule has 104 valence electrons. The van der Waals surface area contributed by atoms with E-state index in [9.17, 15) is 24.6 Å². The Morgan fingerprint density at radius 3 is 2.60 bits per heavy atom. The number of nitrogens with zero attached hydrogens (tertiary/aromatic N) is 1. The first kappa shape index (κ1) is 13.9. The summed E-state index contributed by atoms with van der Waals surface area (Å²) in [5.74, 6) is -2.03. The molecule has 0 radical (unpaired) electrons. The normalized spacial score (nSPS) is 17.0. The van der Waals surface area contributed by atoms with E-state index >= 15 is 0 Å². The van der Waals surface area contributed by atoms with Gasteiger partial charge < -0.3 is 15.9 Å². The van der Waals surface area contributed by atoms with Crippen molar-refractivity contribution in [1.82, 2.24) is 4.90 Å². The number of carbonyl (C=O) groups excluding carboxylic acids is 3. The van der Waals surface area contributed by atoms with Gasteiger partial charge in [0, 0.05) is 0 Å². The van der Waals surface area contributed by atoms with Gasteiger partial charge in [-0.1, -0.05) is 6.07 Å². The van der Waals surface area contributed by atoms with Crippen molar-refractivity contribution in [1.29, 1.82) is 0 Å². The predicted octanol–water partition coefficient (Wildman–Crippen LogP) is 0.619. The van der Waals surface area contributed by atoms with Crippen LogP contribution in [0.4, 0.5) is 4.79 Å².